The lowest BCUT2D eigenvalue weighted by Gasteiger charge is -2.11. The van der Waals surface area contributed by atoms with Crippen LogP contribution in [0.25, 0.3) is 0 Å². The second-order valence-electron chi connectivity index (χ2n) is 4.65. The van der Waals surface area contributed by atoms with Gasteiger partial charge in [-0.15, -0.1) is 10.2 Å². The molecule has 0 unspecified atom stereocenters. The summed E-state index contributed by atoms with van der Waals surface area (Å²) in [4.78, 5) is 11.9. The van der Waals surface area contributed by atoms with Gasteiger partial charge in [-0.3, -0.25) is 4.79 Å². The Balaban J connectivity index is 2.03. The molecule has 0 aliphatic carbocycles. The fourth-order valence-electron chi connectivity index (χ4n) is 1.76. The van der Waals surface area contributed by atoms with Crippen LogP contribution >= 0.6 is 23.4 Å². The lowest BCUT2D eigenvalue weighted by atomic mass is 10.2. The third-order valence-electron chi connectivity index (χ3n) is 2.95. The number of aromatic nitrogens is 3. The molecule has 0 saturated carbocycles. The van der Waals surface area contributed by atoms with E-state index < -0.39 is 17.6 Å². The first-order valence-corrected chi connectivity index (χ1v) is 8.07. The van der Waals surface area contributed by atoms with E-state index in [1.54, 1.807) is 0 Å². The van der Waals surface area contributed by atoms with Crippen LogP contribution in [0.3, 0.4) is 0 Å². The number of benzene rings is 1. The summed E-state index contributed by atoms with van der Waals surface area (Å²) >= 11 is 6.83. The van der Waals surface area contributed by atoms with Crippen LogP contribution < -0.4 is 11.2 Å². The Morgan fingerprint density at radius 3 is 2.71 bits per heavy atom. The smallest absolute Gasteiger partial charge is 0.336 e. The van der Waals surface area contributed by atoms with Crippen LogP contribution in [0.2, 0.25) is 5.02 Å². The van der Waals surface area contributed by atoms with Crippen molar-refractivity contribution < 1.29 is 18.0 Å². The summed E-state index contributed by atoms with van der Waals surface area (Å²) in [7, 11) is 0. The average molecular weight is 380 g/mol. The van der Waals surface area contributed by atoms with Crippen LogP contribution in [-0.4, -0.2) is 26.5 Å². The molecule has 1 heterocycles. The topological polar surface area (TPSA) is 85.8 Å². The number of nitrogens with one attached hydrogen (secondary N) is 1. The number of halogens is 4. The monoisotopic (exact) mass is 379 g/mol. The number of alkyl halides is 3. The number of nitrogens with zero attached hydrogens (tertiary/aromatic N) is 3. The highest BCUT2D eigenvalue weighted by molar-refractivity contribution is 7.99. The van der Waals surface area contributed by atoms with Crippen LogP contribution in [0.1, 0.15) is 18.3 Å². The summed E-state index contributed by atoms with van der Waals surface area (Å²) in [5.74, 6) is 5.65. The summed E-state index contributed by atoms with van der Waals surface area (Å²) < 4.78 is 39.3. The molecule has 24 heavy (non-hydrogen) atoms. The second-order valence-corrected chi connectivity index (χ2v) is 6.00. The van der Waals surface area contributed by atoms with Crippen LogP contribution in [0, 0.1) is 0 Å². The van der Waals surface area contributed by atoms with Gasteiger partial charge in [0.2, 0.25) is 11.1 Å². The van der Waals surface area contributed by atoms with Gasteiger partial charge < -0.3 is 11.2 Å². The Bertz CT molecular complexity index is 750. The lowest BCUT2D eigenvalue weighted by molar-refractivity contribution is -0.137. The zero-order valence-electron chi connectivity index (χ0n) is 12.4. The Morgan fingerprint density at radius 1 is 1.42 bits per heavy atom. The zero-order chi connectivity index (χ0) is 17.9. The molecule has 0 aliphatic rings. The molecule has 0 spiro atoms. The molecule has 2 rings (SSSR count). The van der Waals surface area contributed by atoms with E-state index in [2.05, 4.69) is 15.5 Å². The van der Waals surface area contributed by atoms with Gasteiger partial charge in [-0.1, -0.05) is 30.3 Å². The van der Waals surface area contributed by atoms with Crippen LogP contribution in [-0.2, 0) is 17.4 Å². The number of hydrogen-bond acceptors (Lipinski definition) is 5. The van der Waals surface area contributed by atoms with Gasteiger partial charge >= 0.3 is 6.18 Å². The minimum absolute atomic E-state index is 0.0108. The zero-order valence-corrected chi connectivity index (χ0v) is 14.0. The summed E-state index contributed by atoms with van der Waals surface area (Å²) in [6.45, 7) is 1.85. The Morgan fingerprint density at radius 2 is 2.12 bits per heavy atom. The molecule has 0 saturated heterocycles. The Kier molecular flexibility index (Phi) is 5.60. The molecular weight excluding hydrogens is 367 g/mol. The molecule has 11 heteroatoms. The average Bonchev–Trinajstić information content (AvgIpc) is 2.86. The molecule has 1 aromatic carbocycles. The molecule has 0 atom stereocenters. The van der Waals surface area contributed by atoms with Gasteiger partial charge in [0.05, 0.1) is 22.0 Å². The summed E-state index contributed by atoms with van der Waals surface area (Å²) in [5.41, 5.74) is -1.01. The predicted octanol–water partition coefficient (Wildman–Crippen LogP) is 2.96. The number of rotatable bonds is 5. The number of anilines is 1. The molecule has 6 nitrogen and oxygen atoms in total. The number of amides is 1. The summed E-state index contributed by atoms with van der Waals surface area (Å²) in [5, 5.41) is 10.3. The Labute approximate surface area is 144 Å². The number of hydrogen-bond donors (Lipinski definition) is 2. The van der Waals surface area contributed by atoms with E-state index >= 15 is 0 Å². The van der Waals surface area contributed by atoms with E-state index in [0.717, 1.165) is 30.0 Å². The minimum atomic E-state index is -4.52. The molecule has 0 aliphatic heterocycles. The van der Waals surface area contributed by atoms with Crippen molar-refractivity contribution in [1.29, 1.82) is 0 Å². The maximum absolute atomic E-state index is 12.7. The van der Waals surface area contributed by atoms with E-state index in [-0.39, 0.29) is 16.5 Å². The third kappa shape index (κ3) is 4.32. The molecule has 0 fully saturated rings. The standard InChI is InChI=1S/C13H13ClF3N5OS/c1-2-10-20-21-12(22(10)18)24-6-11(23)19-9-5-7(13(15,16)17)3-4-8(9)14/h3-5H,2,6,18H2,1H3,(H,19,23). The van der Waals surface area contributed by atoms with E-state index in [0.29, 0.717) is 17.4 Å². The minimum Gasteiger partial charge on any atom is -0.336 e. The quantitative estimate of drug-likeness (QED) is 0.616. The molecule has 0 bridgehead atoms. The first kappa shape index (κ1) is 18.4. The maximum Gasteiger partial charge on any atom is 0.416 e. The van der Waals surface area contributed by atoms with Crippen molar-refractivity contribution in [1.82, 2.24) is 14.9 Å². The van der Waals surface area contributed by atoms with Gasteiger partial charge in [-0.25, -0.2) is 4.68 Å². The first-order chi connectivity index (χ1) is 11.2. The molecule has 1 amide bonds. The first-order valence-electron chi connectivity index (χ1n) is 6.71. The van der Waals surface area contributed by atoms with Crippen molar-refractivity contribution in [3.8, 4) is 0 Å². The Hall–Kier alpha value is -1.94. The van der Waals surface area contributed by atoms with Crippen LogP contribution in [0.15, 0.2) is 23.4 Å². The normalized spacial score (nSPS) is 11.5. The molecular formula is C13H13ClF3N5OS. The van der Waals surface area contributed by atoms with Crippen molar-refractivity contribution in [3.63, 3.8) is 0 Å². The van der Waals surface area contributed by atoms with Crippen LogP contribution in [0.4, 0.5) is 18.9 Å². The van der Waals surface area contributed by atoms with E-state index in [1.165, 1.54) is 4.68 Å². The predicted molar refractivity (Wildman–Crippen MR) is 85.4 cm³/mol. The second kappa shape index (κ2) is 7.31. The van der Waals surface area contributed by atoms with Gasteiger partial charge in [0.1, 0.15) is 0 Å². The third-order valence-corrected chi connectivity index (χ3v) is 4.22. The lowest BCUT2D eigenvalue weighted by Crippen LogP contribution is -2.17. The van der Waals surface area contributed by atoms with Gasteiger partial charge in [0.25, 0.3) is 0 Å². The number of nitrogens with two attached hydrogens (primary N) is 1. The van der Waals surface area contributed by atoms with Crippen molar-refractivity contribution in [3.05, 3.63) is 34.6 Å². The molecule has 1 aromatic heterocycles. The summed E-state index contributed by atoms with van der Waals surface area (Å²) in [6.07, 6.45) is -3.94. The SMILES string of the molecule is CCc1nnc(SCC(=O)Nc2cc(C(F)(F)F)ccc2Cl)n1N. The van der Waals surface area contributed by atoms with E-state index in [1.807, 2.05) is 6.92 Å². The van der Waals surface area contributed by atoms with Crippen molar-refractivity contribution in [2.24, 2.45) is 0 Å². The highest BCUT2D eigenvalue weighted by Crippen LogP contribution is 2.33. The fourth-order valence-corrected chi connectivity index (χ4v) is 2.60. The van der Waals surface area contributed by atoms with Gasteiger partial charge in [-0.2, -0.15) is 13.2 Å². The number of aryl methyl sites for hydroxylation is 1. The van der Waals surface area contributed by atoms with Crippen molar-refractivity contribution in [2.45, 2.75) is 24.7 Å². The molecule has 3 N–H and O–H groups in total. The molecule has 130 valence electrons. The number of thioether (sulfide) groups is 1. The van der Waals surface area contributed by atoms with Gasteiger partial charge in [-0.05, 0) is 18.2 Å². The van der Waals surface area contributed by atoms with Crippen LogP contribution in [0.5, 0.6) is 0 Å². The van der Waals surface area contributed by atoms with Crippen molar-refractivity contribution >= 4 is 35.0 Å². The maximum atomic E-state index is 12.7. The number of carbonyl (C=O) groups is 1. The largest absolute Gasteiger partial charge is 0.416 e. The highest BCUT2D eigenvalue weighted by atomic mass is 35.5. The van der Waals surface area contributed by atoms with E-state index in [4.69, 9.17) is 17.4 Å². The van der Waals surface area contributed by atoms with Gasteiger partial charge in [0.15, 0.2) is 5.82 Å². The number of carbonyl (C=O) groups excluding carboxylic acids is 1. The molecule has 0 radical (unpaired) electrons. The van der Waals surface area contributed by atoms with Crippen molar-refractivity contribution in [2.75, 3.05) is 16.9 Å². The molecule has 2 aromatic rings. The fraction of sp³-hybridized carbons (Fsp3) is 0.308. The highest BCUT2D eigenvalue weighted by Gasteiger charge is 2.31. The van der Waals surface area contributed by atoms with E-state index in [9.17, 15) is 18.0 Å². The summed E-state index contributed by atoms with van der Waals surface area (Å²) in [6, 6.07) is 2.71. The van der Waals surface area contributed by atoms with Gasteiger partial charge in [0, 0.05) is 6.42 Å². The number of nitrogen functional groups attached to an aromatic ring is 1.